The average molecular weight is 259 g/mol. The van der Waals surface area contributed by atoms with Gasteiger partial charge in [0, 0.05) is 0 Å². The Morgan fingerprint density at radius 1 is 1.53 bits per heavy atom. The molecule has 6 nitrogen and oxygen atoms in total. The van der Waals surface area contributed by atoms with Crippen LogP contribution in [0.1, 0.15) is 12.8 Å². The van der Waals surface area contributed by atoms with Gasteiger partial charge in [-0.2, -0.15) is 0 Å². The van der Waals surface area contributed by atoms with E-state index in [2.05, 4.69) is 6.58 Å². The summed E-state index contributed by atoms with van der Waals surface area (Å²) in [5.41, 5.74) is 5.36. The highest BCUT2D eigenvalue weighted by molar-refractivity contribution is 7.94. The van der Waals surface area contributed by atoms with Gasteiger partial charge < -0.3 is 10.8 Å². The average Bonchev–Trinajstić information content (AvgIpc) is 2.55. The minimum absolute atomic E-state index is 0.0145. The van der Waals surface area contributed by atoms with E-state index in [1.165, 1.54) is 6.08 Å². The number of imide groups is 1. The Morgan fingerprint density at radius 3 is 2.47 bits per heavy atom. The second-order valence-corrected chi connectivity index (χ2v) is 4.95. The minimum atomic E-state index is -1.15. The van der Waals surface area contributed by atoms with Crippen LogP contribution in [-0.2, 0) is 14.4 Å². The molecular weight excluding hydrogens is 244 g/mol. The van der Waals surface area contributed by atoms with Crippen LogP contribution in [0.25, 0.3) is 0 Å². The van der Waals surface area contributed by atoms with Gasteiger partial charge in [0.1, 0.15) is 12.6 Å². The fraction of sp³-hybridized carbons (Fsp3) is 0.500. The molecule has 94 valence electrons. The molecule has 0 aromatic heterocycles. The quantitative estimate of drug-likeness (QED) is 0.299. The van der Waals surface area contributed by atoms with Crippen molar-refractivity contribution in [2.24, 2.45) is 5.73 Å². The summed E-state index contributed by atoms with van der Waals surface area (Å²) in [6.45, 7) is 3.69. The lowest BCUT2D eigenvalue weighted by molar-refractivity contribution is -0.622. The lowest BCUT2D eigenvalue weighted by Gasteiger charge is -2.25. The molecule has 1 atom stereocenters. The number of rotatable bonds is 6. The van der Waals surface area contributed by atoms with Crippen molar-refractivity contribution < 1.29 is 23.4 Å². The third-order valence-corrected chi connectivity index (χ3v) is 4.04. The van der Waals surface area contributed by atoms with Crippen LogP contribution in [-0.4, -0.2) is 45.1 Å². The Hall–Kier alpha value is -1.18. The number of quaternary nitrogens is 1. The van der Waals surface area contributed by atoms with Gasteiger partial charge in [0.2, 0.25) is 0 Å². The van der Waals surface area contributed by atoms with Crippen LogP contribution in [0.3, 0.4) is 0 Å². The molecule has 1 aliphatic rings. The molecule has 0 aromatic carbocycles. The zero-order valence-corrected chi connectivity index (χ0v) is 10.1. The van der Waals surface area contributed by atoms with Crippen LogP contribution in [0.15, 0.2) is 12.7 Å². The summed E-state index contributed by atoms with van der Waals surface area (Å²) in [7, 11) is 0. The first-order valence-corrected chi connectivity index (χ1v) is 6.07. The number of nitrogens with zero attached hydrogens (tertiary/aromatic N) is 1. The fourth-order valence-electron chi connectivity index (χ4n) is 1.58. The van der Waals surface area contributed by atoms with Crippen molar-refractivity contribution in [3.05, 3.63) is 12.7 Å². The second-order valence-electron chi connectivity index (χ2n) is 3.74. The maximum Gasteiger partial charge on any atom is 0.333 e. The number of amides is 2. The molecule has 1 saturated heterocycles. The molecule has 17 heavy (non-hydrogen) atoms. The van der Waals surface area contributed by atoms with Gasteiger partial charge in [-0.15, -0.1) is 3.89 Å². The molecule has 1 aliphatic heterocycles. The topological polar surface area (TPSA) is 97.5 Å². The number of carboxylic acids is 1. The Kier molecular flexibility index (Phi) is 4.44. The number of hydrogen-bond donors (Lipinski definition) is 2. The predicted octanol–water partition coefficient (Wildman–Crippen LogP) is -0.104. The number of carbonyl (C=O) groups excluding carboxylic acids is 2. The monoisotopic (exact) mass is 259 g/mol. The molecule has 1 fully saturated rings. The molecule has 0 radical (unpaired) electrons. The van der Waals surface area contributed by atoms with Gasteiger partial charge in [0.05, 0.1) is 30.5 Å². The smallest absolute Gasteiger partial charge is 0.333 e. The molecule has 0 unspecified atom stereocenters. The lowest BCUT2D eigenvalue weighted by atomic mass is 10.4. The number of likely N-dealkylation sites (tertiary alicyclic amines) is 1. The van der Waals surface area contributed by atoms with E-state index >= 15 is 0 Å². The minimum Gasteiger partial charge on any atom is -0.480 e. The Labute approximate surface area is 103 Å². The Balaban J connectivity index is 2.79. The van der Waals surface area contributed by atoms with Gasteiger partial charge in [0.15, 0.2) is 0 Å². The second kappa shape index (κ2) is 5.44. The van der Waals surface area contributed by atoms with Crippen molar-refractivity contribution in [1.82, 2.24) is 0 Å². The molecule has 3 N–H and O–H groups in total. The third kappa shape index (κ3) is 2.74. The van der Waals surface area contributed by atoms with Gasteiger partial charge in [-0.3, -0.25) is 4.79 Å². The van der Waals surface area contributed by atoms with Crippen LogP contribution < -0.4 is 5.73 Å². The van der Waals surface area contributed by atoms with Crippen LogP contribution in [0.2, 0.25) is 0 Å². The molecule has 1 heterocycles. The lowest BCUT2D eigenvalue weighted by Crippen LogP contribution is -2.48. The van der Waals surface area contributed by atoms with Gasteiger partial charge >= 0.3 is 17.8 Å². The van der Waals surface area contributed by atoms with E-state index in [9.17, 15) is 14.4 Å². The molecule has 2 amide bonds. The number of hydrogen-bond acceptors (Lipinski definition) is 5. The van der Waals surface area contributed by atoms with E-state index in [1.807, 2.05) is 0 Å². The predicted molar refractivity (Wildman–Crippen MR) is 62.6 cm³/mol. The van der Waals surface area contributed by atoms with Crippen LogP contribution in [0.4, 0.5) is 0 Å². The van der Waals surface area contributed by atoms with Gasteiger partial charge in [-0.1, -0.05) is 6.58 Å². The first kappa shape index (κ1) is 13.9. The van der Waals surface area contributed by atoms with Gasteiger partial charge in [0.25, 0.3) is 0 Å². The highest BCUT2D eigenvalue weighted by atomic mass is 32.2. The van der Waals surface area contributed by atoms with Crippen molar-refractivity contribution in [2.75, 3.05) is 12.3 Å². The third-order valence-electron chi connectivity index (χ3n) is 2.54. The summed E-state index contributed by atoms with van der Waals surface area (Å²) in [5.74, 6) is -1.55. The van der Waals surface area contributed by atoms with Crippen LogP contribution >= 0.6 is 11.9 Å². The molecule has 1 rings (SSSR count). The maximum absolute atomic E-state index is 11.8. The molecule has 7 heteroatoms. The van der Waals surface area contributed by atoms with E-state index in [-0.39, 0.29) is 37.0 Å². The first-order chi connectivity index (χ1) is 7.94. The fourth-order valence-corrected chi connectivity index (χ4v) is 2.81. The summed E-state index contributed by atoms with van der Waals surface area (Å²) in [5, 5.41) is 8.67. The SMILES string of the molecule is C=CC[N+]1(SC[C@H](N)C(=O)O)C(=O)CCC1=O. The molecular formula is C10H15N2O4S+. The van der Waals surface area contributed by atoms with Crippen molar-refractivity contribution in [3.8, 4) is 0 Å². The standard InChI is InChI=1S/C10H14N2O4S/c1-2-5-12(8(13)3-4-9(12)14)17-6-7(11)10(15)16/h2,7H,1,3-6,11H2/p+1/t7-/m0/s1. The van der Waals surface area contributed by atoms with Gasteiger partial charge in [-0.05, 0) is 6.08 Å². The Morgan fingerprint density at radius 2 is 2.06 bits per heavy atom. The number of aliphatic carboxylic acids is 1. The molecule has 0 saturated carbocycles. The summed E-state index contributed by atoms with van der Waals surface area (Å²) >= 11 is 0.970. The normalized spacial score (nSPS) is 20.3. The van der Waals surface area contributed by atoms with Crippen molar-refractivity contribution in [3.63, 3.8) is 0 Å². The summed E-state index contributed by atoms with van der Waals surface area (Å²) in [4.78, 5) is 34.1. The summed E-state index contributed by atoms with van der Waals surface area (Å²) in [6.07, 6.45) is 1.88. The molecule has 0 bridgehead atoms. The van der Waals surface area contributed by atoms with Crippen molar-refractivity contribution in [1.29, 1.82) is 0 Å². The largest absolute Gasteiger partial charge is 0.480 e. The number of carboxylic acid groups (broad SMARTS) is 1. The highest BCUT2D eigenvalue weighted by Crippen LogP contribution is 2.33. The molecule has 0 aliphatic carbocycles. The van der Waals surface area contributed by atoms with Crippen LogP contribution in [0.5, 0.6) is 0 Å². The van der Waals surface area contributed by atoms with E-state index in [0.29, 0.717) is 0 Å². The van der Waals surface area contributed by atoms with Crippen LogP contribution in [0, 0.1) is 0 Å². The maximum atomic E-state index is 11.8. The zero-order valence-electron chi connectivity index (χ0n) is 9.30. The van der Waals surface area contributed by atoms with Gasteiger partial charge in [-0.25, -0.2) is 9.59 Å². The summed E-state index contributed by atoms with van der Waals surface area (Å²) in [6, 6.07) is -1.08. The molecule has 0 aromatic rings. The highest BCUT2D eigenvalue weighted by Gasteiger charge is 2.50. The van der Waals surface area contributed by atoms with E-state index in [1.54, 1.807) is 0 Å². The first-order valence-electron chi connectivity index (χ1n) is 5.12. The van der Waals surface area contributed by atoms with E-state index in [0.717, 1.165) is 11.9 Å². The zero-order chi connectivity index (χ0) is 13.1. The molecule has 0 spiro atoms. The number of carbonyl (C=O) groups is 3. The van der Waals surface area contributed by atoms with E-state index < -0.39 is 15.9 Å². The number of nitrogens with two attached hydrogens (primary N) is 1. The van der Waals surface area contributed by atoms with E-state index in [4.69, 9.17) is 10.8 Å². The summed E-state index contributed by atoms with van der Waals surface area (Å²) < 4.78 is -0.412. The van der Waals surface area contributed by atoms with Crippen molar-refractivity contribution in [2.45, 2.75) is 18.9 Å². The Bertz CT molecular complexity index is 353. The van der Waals surface area contributed by atoms with Crippen molar-refractivity contribution >= 4 is 29.7 Å².